The van der Waals surface area contributed by atoms with Gasteiger partial charge in [-0.3, -0.25) is 0 Å². The summed E-state index contributed by atoms with van der Waals surface area (Å²) in [5.74, 6) is 1.41. The van der Waals surface area contributed by atoms with Gasteiger partial charge in [0.05, 0.1) is 6.61 Å². The maximum absolute atomic E-state index is 6.43. The number of nitrogens with zero attached hydrogens (tertiary/aromatic N) is 1. The van der Waals surface area contributed by atoms with E-state index in [1.54, 1.807) is 0 Å². The molecule has 0 aliphatic carbocycles. The van der Waals surface area contributed by atoms with Crippen molar-refractivity contribution in [3.63, 3.8) is 0 Å². The molecule has 0 aromatic heterocycles. The minimum absolute atomic E-state index is 0.120. The molecule has 3 heteroatoms. The normalized spacial score (nSPS) is 27.9. The molecule has 18 heavy (non-hydrogen) atoms. The summed E-state index contributed by atoms with van der Waals surface area (Å²) in [6, 6.07) is 6.44. The third-order valence-corrected chi connectivity index (χ3v) is 4.18. The summed E-state index contributed by atoms with van der Waals surface area (Å²) < 4.78 is 5.87. The molecule has 2 aliphatic heterocycles. The standard InChI is InChI=1S/C15H22N2O/c1-11-4-5-14-13(8-11)15(16)12(10-18-14)9-17-6-2-3-7-17/h4-5,8,12,15H,2-3,6-7,9-10,16H2,1H3. The molecule has 3 nitrogen and oxygen atoms in total. The van der Waals surface area contributed by atoms with Gasteiger partial charge in [-0.25, -0.2) is 0 Å². The lowest BCUT2D eigenvalue weighted by Gasteiger charge is -2.33. The second-order valence-electron chi connectivity index (χ2n) is 5.65. The van der Waals surface area contributed by atoms with Gasteiger partial charge in [-0.2, -0.15) is 0 Å². The average molecular weight is 246 g/mol. The lowest BCUT2D eigenvalue weighted by molar-refractivity contribution is 0.151. The van der Waals surface area contributed by atoms with Gasteiger partial charge in [0.2, 0.25) is 0 Å². The number of benzene rings is 1. The minimum atomic E-state index is 0.120. The second kappa shape index (κ2) is 4.90. The van der Waals surface area contributed by atoms with E-state index in [0.29, 0.717) is 5.92 Å². The second-order valence-corrected chi connectivity index (χ2v) is 5.65. The van der Waals surface area contributed by atoms with Crippen LogP contribution in [0.3, 0.4) is 0 Å². The van der Waals surface area contributed by atoms with Gasteiger partial charge >= 0.3 is 0 Å². The summed E-state index contributed by atoms with van der Waals surface area (Å²) >= 11 is 0. The van der Waals surface area contributed by atoms with Crippen molar-refractivity contribution < 1.29 is 4.74 Å². The summed E-state index contributed by atoms with van der Waals surface area (Å²) in [4.78, 5) is 2.52. The predicted octanol–water partition coefficient (Wildman–Crippen LogP) is 2.10. The van der Waals surface area contributed by atoms with E-state index < -0.39 is 0 Å². The van der Waals surface area contributed by atoms with Crippen molar-refractivity contribution in [3.05, 3.63) is 29.3 Å². The molecule has 0 bridgehead atoms. The van der Waals surface area contributed by atoms with Crippen LogP contribution in [0.1, 0.15) is 30.0 Å². The van der Waals surface area contributed by atoms with Gasteiger partial charge in [-0.05, 0) is 38.9 Å². The van der Waals surface area contributed by atoms with Crippen LogP contribution < -0.4 is 10.5 Å². The Hall–Kier alpha value is -1.06. The van der Waals surface area contributed by atoms with Crippen molar-refractivity contribution in [2.45, 2.75) is 25.8 Å². The summed E-state index contributed by atoms with van der Waals surface area (Å²) in [6.45, 7) is 6.40. The molecule has 1 aromatic rings. The number of likely N-dealkylation sites (tertiary alicyclic amines) is 1. The monoisotopic (exact) mass is 246 g/mol. The lowest BCUT2D eigenvalue weighted by atomic mass is 9.90. The van der Waals surface area contributed by atoms with E-state index in [1.807, 2.05) is 0 Å². The molecule has 2 heterocycles. The van der Waals surface area contributed by atoms with Gasteiger partial charge in [-0.15, -0.1) is 0 Å². The number of rotatable bonds is 2. The van der Waals surface area contributed by atoms with E-state index in [4.69, 9.17) is 10.5 Å². The highest BCUT2D eigenvalue weighted by Gasteiger charge is 2.30. The Balaban J connectivity index is 1.75. The van der Waals surface area contributed by atoms with Gasteiger partial charge in [0.15, 0.2) is 0 Å². The van der Waals surface area contributed by atoms with Gasteiger partial charge in [0, 0.05) is 24.1 Å². The quantitative estimate of drug-likeness (QED) is 0.868. The third-order valence-electron chi connectivity index (χ3n) is 4.18. The van der Waals surface area contributed by atoms with Crippen LogP contribution in [-0.4, -0.2) is 31.1 Å². The van der Waals surface area contributed by atoms with E-state index in [0.717, 1.165) is 18.9 Å². The Bertz CT molecular complexity index is 427. The highest BCUT2D eigenvalue weighted by Crippen LogP contribution is 2.35. The summed E-state index contributed by atoms with van der Waals surface area (Å²) in [6.07, 6.45) is 2.66. The van der Waals surface area contributed by atoms with Crippen LogP contribution in [-0.2, 0) is 0 Å². The molecule has 2 unspecified atom stereocenters. The highest BCUT2D eigenvalue weighted by atomic mass is 16.5. The van der Waals surface area contributed by atoms with Gasteiger partial charge < -0.3 is 15.4 Å². The Morgan fingerprint density at radius 2 is 2.11 bits per heavy atom. The maximum atomic E-state index is 6.43. The molecule has 3 rings (SSSR count). The maximum Gasteiger partial charge on any atom is 0.124 e. The molecule has 2 atom stereocenters. The van der Waals surface area contributed by atoms with Crippen LogP contribution in [0.25, 0.3) is 0 Å². The summed E-state index contributed by atoms with van der Waals surface area (Å²) in [5, 5.41) is 0. The molecule has 2 aliphatic rings. The van der Waals surface area contributed by atoms with E-state index in [2.05, 4.69) is 30.0 Å². The predicted molar refractivity (Wildman–Crippen MR) is 72.8 cm³/mol. The van der Waals surface area contributed by atoms with Crippen molar-refractivity contribution in [2.24, 2.45) is 11.7 Å². The first-order valence-corrected chi connectivity index (χ1v) is 6.95. The zero-order valence-corrected chi connectivity index (χ0v) is 11.1. The van der Waals surface area contributed by atoms with Crippen LogP contribution in [0.2, 0.25) is 0 Å². The van der Waals surface area contributed by atoms with Crippen molar-refractivity contribution in [1.82, 2.24) is 4.90 Å². The van der Waals surface area contributed by atoms with Crippen molar-refractivity contribution in [2.75, 3.05) is 26.2 Å². The SMILES string of the molecule is Cc1ccc2c(c1)C(N)C(CN1CCCC1)CO2. The van der Waals surface area contributed by atoms with Crippen molar-refractivity contribution in [3.8, 4) is 5.75 Å². The molecule has 0 saturated carbocycles. The smallest absolute Gasteiger partial charge is 0.124 e. The van der Waals surface area contributed by atoms with Crippen LogP contribution in [0.15, 0.2) is 18.2 Å². The molecule has 0 radical (unpaired) electrons. The largest absolute Gasteiger partial charge is 0.493 e. The van der Waals surface area contributed by atoms with E-state index in [1.165, 1.54) is 37.1 Å². The van der Waals surface area contributed by atoms with E-state index >= 15 is 0 Å². The minimum Gasteiger partial charge on any atom is -0.493 e. The molecular formula is C15H22N2O. The molecule has 1 aromatic carbocycles. The van der Waals surface area contributed by atoms with Crippen LogP contribution >= 0.6 is 0 Å². The molecule has 98 valence electrons. The topological polar surface area (TPSA) is 38.5 Å². The fraction of sp³-hybridized carbons (Fsp3) is 0.600. The molecule has 1 saturated heterocycles. The number of ether oxygens (including phenoxy) is 1. The molecular weight excluding hydrogens is 224 g/mol. The van der Waals surface area contributed by atoms with Gasteiger partial charge in [0.25, 0.3) is 0 Å². The van der Waals surface area contributed by atoms with Gasteiger partial charge in [0.1, 0.15) is 5.75 Å². The zero-order valence-electron chi connectivity index (χ0n) is 11.1. The Morgan fingerprint density at radius 1 is 1.33 bits per heavy atom. The van der Waals surface area contributed by atoms with E-state index in [9.17, 15) is 0 Å². The summed E-state index contributed by atoms with van der Waals surface area (Å²) in [5.41, 5.74) is 8.88. The Labute approximate surface area is 109 Å². The van der Waals surface area contributed by atoms with Crippen LogP contribution in [0.4, 0.5) is 0 Å². The fourth-order valence-corrected chi connectivity index (χ4v) is 3.08. The highest BCUT2D eigenvalue weighted by molar-refractivity contribution is 5.40. The summed E-state index contributed by atoms with van der Waals surface area (Å²) in [7, 11) is 0. The number of hydrogen-bond donors (Lipinski definition) is 1. The van der Waals surface area contributed by atoms with Crippen molar-refractivity contribution in [1.29, 1.82) is 0 Å². The van der Waals surface area contributed by atoms with Crippen LogP contribution in [0.5, 0.6) is 5.75 Å². The van der Waals surface area contributed by atoms with Gasteiger partial charge in [-0.1, -0.05) is 17.7 Å². The third kappa shape index (κ3) is 2.25. The number of hydrogen-bond acceptors (Lipinski definition) is 3. The van der Waals surface area contributed by atoms with E-state index in [-0.39, 0.29) is 6.04 Å². The van der Waals surface area contributed by atoms with Crippen molar-refractivity contribution >= 4 is 0 Å². The Morgan fingerprint density at radius 3 is 2.89 bits per heavy atom. The van der Waals surface area contributed by atoms with Crippen LogP contribution in [0, 0.1) is 12.8 Å². The number of aryl methyl sites for hydroxylation is 1. The molecule has 2 N–H and O–H groups in total. The fourth-order valence-electron chi connectivity index (χ4n) is 3.08. The first-order valence-electron chi connectivity index (χ1n) is 6.95. The first-order chi connectivity index (χ1) is 8.74. The first kappa shape index (κ1) is 12.0. The lowest BCUT2D eigenvalue weighted by Crippen LogP contribution is -2.39. The zero-order chi connectivity index (χ0) is 12.5. The molecule has 1 fully saturated rings. The Kier molecular flexibility index (Phi) is 3.27. The number of nitrogens with two attached hydrogens (primary N) is 1. The number of fused-ring (bicyclic) bond motifs is 1. The molecule has 0 amide bonds. The average Bonchev–Trinajstić information content (AvgIpc) is 2.86. The molecule has 0 spiro atoms.